The average molecular weight is 346 g/mol. The van der Waals surface area contributed by atoms with E-state index >= 15 is 0 Å². The number of nitrogens with zero attached hydrogens (tertiary/aromatic N) is 1. The Balaban J connectivity index is 2.29. The summed E-state index contributed by atoms with van der Waals surface area (Å²) in [7, 11) is -1.11. The van der Waals surface area contributed by atoms with E-state index in [-0.39, 0.29) is 17.0 Å². The number of aryl methyl sites for hydroxylation is 1. The second kappa shape index (κ2) is 7.83. The van der Waals surface area contributed by atoms with Gasteiger partial charge in [0.05, 0.1) is 11.0 Å². The van der Waals surface area contributed by atoms with Gasteiger partial charge in [0.15, 0.2) is 0 Å². The summed E-state index contributed by atoms with van der Waals surface area (Å²) in [4.78, 5) is 22.9. The third kappa shape index (κ3) is 4.48. The molecule has 2 atom stereocenters. The van der Waals surface area contributed by atoms with E-state index in [1.54, 1.807) is 19.2 Å². The summed E-state index contributed by atoms with van der Waals surface area (Å²) in [5.74, 6) is -0.153. The van der Waals surface area contributed by atoms with Gasteiger partial charge >= 0.3 is 0 Å². The Kier molecular flexibility index (Phi) is 5.81. The van der Waals surface area contributed by atoms with Crippen LogP contribution >= 0.6 is 0 Å². The molecule has 0 aliphatic carbocycles. The molecule has 2 aromatic rings. The lowest BCUT2D eigenvalue weighted by Crippen LogP contribution is -2.32. The standard InChI is InChI=1S/C17H18N2O4S/c1-12-8-9-14(19(21)22)10-15(12)17(20)18-16(11-24(2)23)13-6-4-3-5-7-13/h3-10,16H,11H2,1-2H3,(H,18,20)/t16-,24+/m1/s1. The molecule has 0 saturated heterocycles. The van der Waals surface area contributed by atoms with Crippen molar-refractivity contribution in [2.45, 2.75) is 13.0 Å². The molecule has 0 aliphatic rings. The van der Waals surface area contributed by atoms with Crippen LogP contribution in [0.1, 0.15) is 27.5 Å². The summed E-state index contributed by atoms with van der Waals surface area (Å²) in [5.41, 5.74) is 1.58. The summed E-state index contributed by atoms with van der Waals surface area (Å²) in [5, 5.41) is 13.7. The van der Waals surface area contributed by atoms with Crippen molar-refractivity contribution in [2.75, 3.05) is 12.0 Å². The van der Waals surface area contributed by atoms with Gasteiger partial charge in [-0.15, -0.1) is 0 Å². The second-order valence-corrected chi connectivity index (χ2v) is 6.91. The molecule has 0 aromatic heterocycles. The van der Waals surface area contributed by atoms with Gasteiger partial charge in [0.25, 0.3) is 11.6 Å². The fraction of sp³-hybridized carbons (Fsp3) is 0.235. The molecule has 0 saturated carbocycles. The molecule has 0 fully saturated rings. The van der Waals surface area contributed by atoms with E-state index in [0.717, 1.165) is 5.56 Å². The van der Waals surface area contributed by atoms with Crippen LogP contribution in [0.2, 0.25) is 0 Å². The lowest BCUT2D eigenvalue weighted by atomic mass is 10.0. The van der Waals surface area contributed by atoms with Crippen LogP contribution in [0.3, 0.4) is 0 Å². The highest BCUT2D eigenvalue weighted by atomic mass is 32.2. The number of hydrogen-bond acceptors (Lipinski definition) is 4. The molecular weight excluding hydrogens is 328 g/mol. The molecule has 2 aromatic carbocycles. The molecule has 2 rings (SSSR count). The van der Waals surface area contributed by atoms with E-state index in [4.69, 9.17) is 0 Å². The van der Waals surface area contributed by atoms with Crippen molar-refractivity contribution < 1.29 is 13.9 Å². The monoisotopic (exact) mass is 346 g/mol. The van der Waals surface area contributed by atoms with E-state index in [1.807, 2.05) is 30.3 Å². The Labute approximate surface area is 142 Å². The van der Waals surface area contributed by atoms with Gasteiger partial charge in [0, 0.05) is 40.5 Å². The first-order chi connectivity index (χ1) is 11.4. The third-order valence-electron chi connectivity index (χ3n) is 3.59. The zero-order valence-electron chi connectivity index (χ0n) is 13.4. The van der Waals surface area contributed by atoms with Gasteiger partial charge in [-0.25, -0.2) is 0 Å². The van der Waals surface area contributed by atoms with E-state index in [2.05, 4.69) is 5.32 Å². The van der Waals surface area contributed by atoms with Crippen molar-refractivity contribution >= 4 is 22.4 Å². The molecule has 6 nitrogen and oxygen atoms in total. The van der Waals surface area contributed by atoms with Gasteiger partial charge in [-0.2, -0.15) is 0 Å². The molecule has 0 bridgehead atoms. The van der Waals surface area contributed by atoms with Gasteiger partial charge in [-0.1, -0.05) is 36.4 Å². The average Bonchev–Trinajstić information content (AvgIpc) is 2.54. The highest BCUT2D eigenvalue weighted by Gasteiger charge is 2.20. The normalized spacial score (nSPS) is 13.1. The number of nitro benzene ring substituents is 1. The van der Waals surface area contributed by atoms with Crippen LogP contribution in [0, 0.1) is 17.0 Å². The van der Waals surface area contributed by atoms with Crippen LogP contribution < -0.4 is 5.32 Å². The lowest BCUT2D eigenvalue weighted by Gasteiger charge is -2.19. The minimum absolute atomic E-state index is 0.138. The van der Waals surface area contributed by atoms with Crippen molar-refractivity contribution in [3.63, 3.8) is 0 Å². The first kappa shape index (κ1) is 17.8. The molecule has 0 spiro atoms. The van der Waals surface area contributed by atoms with Crippen LogP contribution in [-0.2, 0) is 10.8 Å². The minimum Gasteiger partial charge on any atom is -0.344 e. The number of carbonyl (C=O) groups excluding carboxylic acids is 1. The molecule has 1 amide bonds. The second-order valence-electron chi connectivity index (χ2n) is 5.43. The number of rotatable bonds is 6. The number of amides is 1. The maximum absolute atomic E-state index is 12.6. The molecule has 7 heteroatoms. The van der Waals surface area contributed by atoms with Crippen molar-refractivity contribution in [2.24, 2.45) is 0 Å². The number of nitrogens with one attached hydrogen (secondary N) is 1. The van der Waals surface area contributed by atoms with Crippen molar-refractivity contribution in [3.05, 3.63) is 75.3 Å². The highest BCUT2D eigenvalue weighted by molar-refractivity contribution is 7.84. The lowest BCUT2D eigenvalue weighted by molar-refractivity contribution is -0.384. The summed E-state index contributed by atoms with van der Waals surface area (Å²) in [6, 6.07) is 13.0. The van der Waals surface area contributed by atoms with Crippen molar-refractivity contribution in [1.29, 1.82) is 0 Å². The quantitative estimate of drug-likeness (QED) is 0.643. The third-order valence-corrected chi connectivity index (χ3v) is 4.39. The molecule has 0 radical (unpaired) electrons. The van der Waals surface area contributed by atoms with E-state index in [0.29, 0.717) is 5.56 Å². The summed E-state index contributed by atoms with van der Waals surface area (Å²) >= 11 is 0. The van der Waals surface area contributed by atoms with Crippen molar-refractivity contribution in [3.8, 4) is 0 Å². The Morgan fingerprint density at radius 3 is 2.50 bits per heavy atom. The van der Waals surface area contributed by atoms with Crippen molar-refractivity contribution in [1.82, 2.24) is 5.32 Å². The number of nitro groups is 1. The predicted octanol–water partition coefficient (Wildman–Crippen LogP) is 2.75. The Morgan fingerprint density at radius 1 is 1.25 bits per heavy atom. The highest BCUT2D eigenvalue weighted by Crippen LogP contribution is 2.19. The molecule has 0 aliphatic heterocycles. The molecule has 1 N–H and O–H groups in total. The van der Waals surface area contributed by atoms with Gasteiger partial charge in [-0.05, 0) is 18.1 Å². The number of non-ortho nitro benzene ring substituents is 1. The molecule has 0 unspecified atom stereocenters. The maximum Gasteiger partial charge on any atom is 0.270 e. The smallest absolute Gasteiger partial charge is 0.270 e. The molecule has 126 valence electrons. The van der Waals surface area contributed by atoms with Gasteiger partial charge in [-0.3, -0.25) is 19.1 Å². The summed E-state index contributed by atoms with van der Waals surface area (Å²) in [6.07, 6.45) is 1.57. The minimum atomic E-state index is -1.11. The Bertz CT molecular complexity index is 777. The SMILES string of the molecule is Cc1ccc([N+](=O)[O-])cc1C(=O)N[C@H](C[S@](C)=O)c1ccccc1. The number of hydrogen-bond donors (Lipinski definition) is 1. The first-order valence-corrected chi connectivity index (χ1v) is 9.02. The van der Waals surface area contributed by atoms with Gasteiger partial charge in [0.1, 0.15) is 0 Å². The fourth-order valence-electron chi connectivity index (χ4n) is 2.35. The van der Waals surface area contributed by atoms with Crippen LogP contribution in [0.5, 0.6) is 0 Å². The first-order valence-electron chi connectivity index (χ1n) is 7.29. The topological polar surface area (TPSA) is 89.3 Å². The maximum atomic E-state index is 12.6. The molecular formula is C17H18N2O4S. The van der Waals surface area contributed by atoms with Crippen LogP contribution in [0.25, 0.3) is 0 Å². The predicted molar refractivity (Wildman–Crippen MR) is 93.4 cm³/mol. The number of benzene rings is 2. The zero-order valence-corrected chi connectivity index (χ0v) is 14.2. The van der Waals surface area contributed by atoms with E-state index in [1.165, 1.54) is 12.1 Å². The number of carbonyl (C=O) groups is 1. The summed E-state index contributed by atoms with van der Waals surface area (Å²) < 4.78 is 11.6. The van der Waals surface area contributed by atoms with Crippen LogP contribution in [-0.4, -0.2) is 27.0 Å². The summed E-state index contributed by atoms with van der Waals surface area (Å²) in [6.45, 7) is 1.72. The largest absolute Gasteiger partial charge is 0.344 e. The van der Waals surface area contributed by atoms with E-state index in [9.17, 15) is 19.1 Å². The van der Waals surface area contributed by atoms with Crippen LogP contribution in [0.4, 0.5) is 5.69 Å². The van der Waals surface area contributed by atoms with Gasteiger partial charge < -0.3 is 5.32 Å². The van der Waals surface area contributed by atoms with Crippen LogP contribution in [0.15, 0.2) is 48.5 Å². The zero-order chi connectivity index (χ0) is 17.7. The molecule has 0 heterocycles. The Morgan fingerprint density at radius 2 is 1.92 bits per heavy atom. The Hall–Kier alpha value is -2.54. The fourth-order valence-corrected chi connectivity index (χ4v) is 3.09. The van der Waals surface area contributed by atoms with E-state index < -0.39 is 27.7 Å². The van der Waals surface area contributed by atoms with Gasteiger partial charge in [0.2, 0.25) is 0 Å². The molecule has 24 heavy (non-hydrogen) atoms.